The minimum Gasteiger partial charge on any atom is -0.344 e. The van der Waals surface area contributed by atoms with Gasteiger partial charge < -0.3 is 9.88 Å². The molecule has 1 atom stereocenters. The predicted molar refractivity (Wildman–Crippen MR) is 66.8 cm³/mol. The second-order valence-corrected chi connectivity index (χ2v) is 4.88. The molecule has 3 rings (SSSR count). The zero-order chi connectivity index (χ0) is 13.2. The first-order valence-corrected chi connectivity index (χ1v) is 6.34. The van der Waals surface area contributed by atoms with Crippen LogP contribution in [0.3, 0.4) is 0 Å². The second-order valence-electron chi connectivity index (χ2n) is 4.88. The molecular weight excluding hydrogens is 244 g/mol. The van der Waals surface area contributed by atoms with Gasteiger partial charge in [0, 0.05) is 25.6 Å². The van der Waals surface area contributed by atoms with Crippen LogP contribution in [0.1, 0.15) is 24.7 Å². The molecule has 1 aliphatic carbocycles. The van der Waals surface area contributed by atoms with Gasteiger partial charge in [-0.25, -0.2) is 9.67 Å². The predicted octanol–water partition coefficient (Wildman–Crippen LogP) is 0.279. The maximum atomic E-state index is 12.0. The van der Waals surface area contributed by atoms with Gasteiger partial charge in [0.1, 0.15) is 12.4 Å². The highest BCUT2D eigenvalue weighted by Gasteiger charge is 2.35. The lowest BCUT2D eigenvalue weighted by Gasteiger charge is -2.18. The van der Waals surface area contributed by atoms with Crippen LogP contribution < -0.4 is 5.32 Å². The van der Waals surface area contributed by atoms with Crippen LogP contribution in [0, 0.1) is 5.92 Å². The minimum atomic E-state index is -0.0644. The molecule has 1 saturated carbocycles. The third-order valence-corrected chi connectivity index (χ3v) is 3.32. The summed E-state index contributed by atoms with van der Waals surface area (Å²) < 4.78 is 3.47. The third-order valence-electron chi connectivity index (χ3n) is 3.32. The number of hydrogen-bond acceptors (Lipinski definition) is 4. The van der Waals surface area contributed by atoms with Crippen LogP contribution in [-0.2, 0) is 18.4 Å². The third kappa shape index (κ3) is 2.64. The molecule has 0 saturated heterocycles. The van der Waals surface area contributed by atoms with E-state index in [-0.39, 0.29) is 18.5 Å². The number of aryl methyl sites for hydroxylation is 1. The molecule has 1 fully saturated rings. The molecule has 100 valence electrons. The Hall–Kier alpha value is -2.18. The fourth-order valence-electron chi connectivity index (χ4n) is 2.18. The molecule has 2 heterocycles. The summed E-state index contributed by atoms with van der Waals surface area (Å²) in [4.78, 5) is 16.4. The number of amides is 1. The fraction of sp³-hybridized carbons (Fsp3) is 0.500. The first-order valence-electron chi connectivity index (χ1n) is 6.34. The van der Waals surface area contributed by atoms with Crippen molar-refractivity contribution in [1.82, 2.24) is 29.9 Å². The summed E-state index contributed by atoms with van der Waals surface area (Å²) >= 11 is 0. The van der Waals surface area contributed by atoms with Crippen molar-refractivity contribution in [2.45, 2.75) is 25.4 Å². The number of nitrogens with zero attached hydrogens (tertiary/aromatic N) is 5. The number of hydrogen-bond donors (Lipinski definition) is 1. The van der Waals surface area contributed by atoms with Gasteiger partial charge in [0.25, 0.3) is 0 Å². The summed E-state index contributed by atoms with van der Waals surface area (Å²) in [6, 6.07) is -0.00368. The lowest BCUT2D eigenvalue weighted by Crippen LogP contribution is -2.34. The Bertz CT molecular complexity index is 557. The van der Waals surface area contributed by atoms with Crippen LogP contribution in [0.4, 0.5) is 0 Å². The van der Waals surface area contributed by atoms with E-state index >= 15 is 0 Å². The zero-order valence-electron chi connectivity index (χ0n) is 10.7. The van der Waals surface area contributed by atoms with E-state index in [1.54, 1.807) is 18.6 Å². The number of carbonyl (C=O) groups excluding carboxylic acids is 1. The Balaban J connectivity index is 1.68. The Kier molecular flexibility index (Phi) is 3.02. The van der Waals surface area contributed by atoms with Crippen molar-refractivity contribution >= 4 is 5.91 Å². The molecular formula is C12H16N6O. The highest BCUT2D eigenvalue weighted by atomic mass is 16.2. The molecule has 1 amide bonds. The van der Waals surface area contributed by atoms with Gasteiger partial charge >= 0.3 is 0 Å². The SMILES string of the molecule is Cn1ccnc1C(NC(=O)Cn1ccnn1)C1CC1. The summed E-state index contributed by atoms with van der Waals surface area (Å²) in [5.74, 6) is 1.35. The standard InChI is InChI=1S/C12H16N6O/c1-17-6-4-13-12(17)11(9-2-3-9)15-10(19)8-18-7-5-14-16-18/h4-7,9,11H,2-3,8H2,1H3,(H,15,19). The van der Waals surface area contributed by atoms with Crippen LogP contribution in [0.15, 0.2) is 24.8 Å². The van der Waals surface area contributed by atoms with Gasteiger partial charge in [-0.1, -0.05) is 5.21 Å². The molecule has 7 nitrogen and oxygen atoms in total. The lowest BCUT2D eigenvalue weighted by atomic mass is 10.1. The Labute approximate surface area is 110 Å². The fourth-order valence-corrected chi connectivity index (χ4v) is 2.18. The summed E-state index contributed by atoms with van der Waals surface area (Å²) in [6.07, 6.45) is 9.17. The van der Waals surface area contributed by atoms with E-state index in [2.05, 4.69) is 20.6 Å². The molecule has 1 unspecified atom stereocenters. The molecule has 19 heavy (non-hydrogen) atoms. The van der Waals surface area contributed by atoms with Crippen LogP contribution >= 0.6 is 0 Å². The van der Waals surface area contributed by atoms with Crippen LogP contribution in [0.25, 0.3) is 0 Å². The quantitative estimate of drug-likeness (QED) is 0.837. The number of carbonyl (C=O) groups is 1. The van der Waals surface area contributed by atoms with Crippen molar-refractivity contribution in [2.75, 3.05) is 0 Å². The van der Waals surface area contributed by atoms with Crippen molar-refractivity contribution in [3.8, 4) is 0 Å². The second kappa shape index (κ2) is 4.83. The first kappa shape index (κ1) is 11.9. The van der Waals surface area contributed by atoms with E-state index in [1.807, 2.05) is 17.8 Å². The molecule has 0 aromatic carbocycles. The van der Waals surface area contributed by atoms with E-state index in [0.29, 0.717) is 5.92 Å². The summed E-state index contributed by atoms with van der Waals surface area (Å²) in [7, 11) is 1.95. The molecule has 0 aliphatic heterocycles. The summed E-state index contributed by atoms with van der Waals surface area (Å²) in [5.41, 5.74) is 0. The molecule has 0 radical (unpaired) electrons. The average Bonchev–Trinajstić information content (AvgIpc) is 2.94. The van der Waals surface area contributed by atoms with Gasteiger partial charge in [0.15, 0.2) is 0 Å². The normalized spacial score (nSPS) is 16.3. The zero-order valence-corrected chi connectivity index (χ0v) is 10.7. The highest BCUT2D eigenvalue weighted by molar-refractivity contribution is 5.76. The Morgan fingerprint density at radius 3 is 2.89 bits per heavy atom. The topological polar surface area (TPSA) is 77.6 Å². The Morgan fingerprint density at radius 2 is 2.32 bits per heavy atom. The molecule has 0 spiro atoms. The lowest BCUT2D eigenvalue weighted by molar-refractivity contribution is -0.122. The van der Waals surface area contributed by atoms with E-state index in [9.17, 15) is 4.79 Å². The van der Waals surface area contributed by atoms with E-state index < -0.39 is 0 Å². The molecule has 7 heteroatoms. The van der Waals surface area contributed by atoms with Crippen molar-refractivity contribution in [3.05, 3.63) is 30.6 Å². The summed E-state index contributed by atoms with van der Waals surface area (Å²) in [5, 5.41) is 10.5. The van der Waals surface area contributed by atoms with Gasteiger partial charge in [-0.15, -0.1) is 5.10 Å². The average molecular weight is 260 g/mol. The van der Waals surface area contributed by atoms with Gasteiger partial charge in [-0.3, -0.25) is 4.79 Å². The van der Waals surface area contributed by atoms with Crippen LogP contribution in [0.5, 0.6) is 0 Å². The van der Waals surface area contributed by atoms with Crippen molar-refractivity contribution in [1.29, 1.82) is 0 Å². The van der Waals surface area contributed by atoms with Crippen molar-refractivity contribution in [2.24, 2.45) is 13.0 Å². The smallest absolute Gasteiger partial charge is 0.242 e. The van der Waals surface area contributed by atoms with Crippen molar-refractivity contribution in [3.63, 3.8) is 0 Å². The van der Waals surface area contributed by atoms with Crippen molar-refractivity contribution < 1.29 is 4.79 Å². The van der Waals surface area contributed by atoms with E-state index in [4.69, 9.17) is 0 Å². The van der Waals surface area contributed by atoms with E-state index in [1.165, 1.54) is 4.68 Å². The molecule has 2 aromatic rings. The molecule has 1 N–H and O–H groups in total. The first-order chi connectivity index (χ1) is 9.24. The van der Waals surface area contributed by atoms with Crippen LogP contribution in [-0.4, -0.2) is 30.5 Å². The monoisotopic (exact) mass is 260 g/mol. The highest BCUT2D eigenvalue weighted by Crippen LogP contribution is 2.40. The number of rotatable bonds is 5. The van der Waals surface area contributed by atoms with Gasteiger partial charge in [0.05, 0.1) is 12.2 Å². The van der Waals surface area contributed by atoms with Crippen LogP contribution in [0.2, 0.25) is 0 Å². The largest absolute Gasteiger partial charge is 0.344 e. The molecule has 0 bridgehead atoms. The number of imidazole rings is 1. The maximum absolute atomic E-state index is 12.0. The minimum absolute atomic E-state index is 0.00368. The van der Waals surface area contributed by atoms with Gasteiger partial charge in [-0.05, 0) is 18.8 Å². The number of nitrogens with one attached hydrogen (secondary N) is 1. The molecule has 1 aliphatic rings. The Morgan fingerprint density at radius 1 is 1.47 bits per heavy atom. The van der Waals surface area contributed by atoms with Gasteiger partial charge in [-0.2, -0.15) is 0 Å². The maximum Gasteiger partial charge on any atom is 0.242 e. The van der Waals surface area contributed by atoms with E-state index in [0.717, 1.165) is 18.7 Å². The summed E-state index contributed by atoms with van der Waals surface area (Å²) in [6.45, 7) is 0.188. The van der Waals surface area contributed by atoms with Gasteiger partial charge in [0.2, 0.25) is 5.91 Å². The number of aromatic nitrogens is 5. The molecule has 2 aromatic heterocycles.